The molecule has 2 aromatic carbocycles. The number of nitrogens with zero attached hydrogens (tertiary/aromatic N) is 3. The van der Waals surface area contributed by atoms with Gasteiger partial charge in [0.25, 0.3) is 5.56 Å². The number of fused-ring (bicyclic) bond motifs is 1. The third kappa shape index (κ3) is 4.45. The number of anilines is 1. The van der Waals surface area contributed by atoms with Crippen molar-refractivity contribution in [2.75, 3.05) is 5.32 Å². The molecule has 7 heteroatoms. The lowest BCUT2D eigenvalue weighted by Gasteiger charge is -2.14. The summed E-state index contributed by atoms with van der Waals surface area (Å²) in [5.74, 6) is -0.357. The lowest BCUT2D eigenvalue weighted by molar-refractivity contribution is -0.116. The zero-order valence-corrected chi connectivity index (χ0v) is 17.1. The van der Waals surface area contributed by atoms with Gasteiger partial charge in [-0.15, -0.1) is 0 Å². The van der Waals surface area contributed by atoms with Crippen molar-refractivity contribution in [2.45, 2.75) is 26.4 Å². The van der Waals surface area contributed by atoms with E-state index in [0.29, 0.717) is 17.6 Å². The van der Waals surface area contributed by atoms with E-state index in [1.54, 1.807) is 24.3 Å². The smallest absolute Gasteiger partial charge is 0.325 e. The first kappa shape index (κ1) is 20.3. The number of benzene rings is 2. The Kier molecular flexibility index (Phi) is 5.75. The number of pyridine rings is 1. The van der Waals surface area contributed by atoms with Crippen molar-refractivity contribution in [3.05, 3.63) is 105 Å². The molecule has 0 unspecified atom stereocenters. The molecular weight excluding hydrogens is 392 g/mol. The van der Waals surface area contributed by atoms with Crippen molar-refractivity contribution in [1.29, 1.82) is 0 Å². The van der Waals surface area contributed by atoms with Gasteiger partial charge >= 0.3 is 5.69 Å². The van der Waals surface area contributed by atoms with Crippen LogP contribution in [-0.4, -0.2) is 20.0 Å². The molecule has 0 spiro atoms. The molecule has 0 aliphatic carbocycles. The van der Waals surface area contributed by atoms with Crippen LogP contribution in [0.25, 0.3) is 11.0 Å². The first-order valence-electron chi connectivity index (χ1n) is 10.0. The Morgan fingerprint density at radius 2 is 1.68 bits per heavy atom. The molecule has 0 saturated carbocycles. The molecule has 2 aromatic heterocycles. The van der Waals surface area contributed by atoms with E-state index in [0.717, 1.165) is 15.7 Å². The minimum Gasteiger partial charge on any atom is -0.325 e. The third-order valence-electron chi connectivity index (χ3n) is 5.09. The Morgan fingerprint density at radius 1 is 0.935 bits per heavy atom. The van der Waals surface area contributed by atoms with Crippen LogP contribution in [0.5, 0.6) is 0 Å². The molecule has 31 heavy (non-hydrogen) atoms. The van der Waals surface area contributed by atoms with Gasteiger partial charge in [-0.2, -0.15) is 0 Å². The molecule has 1 N–H and O–H groups in total. The van der Waals surface area contributed by atoms with E-state index in [1.165, 1.54) is 10.8 Å². The maximum absolute atomic E-state index is 13.2. The Morgan fingerprint density at radius 3 is 2.42 bits per heavy atom. The Hall–Kier alpha value is -4.00. The van der Waals surface area contributed by atoms with Gasteiger partial charge in [0.15, 0.2) is 5.52 Å². The second-order valence-corrected chi connectivity index (χ2v) is 7.35. The van der Waals surface area contributed by atoms with Crippen LogP contribution in [0.1, 0.15) is 11.1 Å². The molecule has 0 aliphatic rings. The number of aromatic nitrogens is 3. The fourth-order valence-corrected chi connectivity index (χ4v) is 3.46. The van der Waals surface area contributed by atoms with Crippen molar-refractivity contribution < 1.29 is 4.79 Å². The molecule has 156 valence electrons. The van der Waals surface area contributed by atoms with Crippen LogP contribution in [0.3, 0.4) is 0 Å². The first-order valence-corrected chi connectivity index (χ1v) is 10.0. The van der Waals surface area contributed by atoms with E-state index < -0.39 is 11.2 Å². The summed E-state index contributed by atoms with van der Waals surface area (Å²) in [4.78, 5) is 42.9. The average molecular weight is 414 g/mol. The predicted molar refractivity (Wildman–Crippen MR) is 120 cm³/mol. The van der Waals surface area contributed by atoms with Gasteiger partial charge in [0, 0.05) is 18.4 Å². The molecule has 0 radical (unpaired) electrons. The van der Waals surface area contributed by atoms with Gasteiger partial charge in [-0.1, -0.05) is 48.0 Å². The molecule has 0 aliphatic heterocycles. The average Bonchev–Trinajstić information content (AvgIpc) is 2.79. The number of nitrogens with one attached hydrogen (secondary N) is 1. The molecular formula is C24H22N4O3. The Balaban J connectivity index is 1.68. The lowest BCUT2D eigenvalue weighted by atomic mass is 10.1. The molecule has 2 heterocycles. The van der Waals surface area contributed by atoms with Crippen molar-refractivity contribution in [2.24, 2.45) is 0 Å². The molecule has 7 nitrogen and oxygen atoms in total. The fraction of sp³-hybridized carbons (Fsp3) is 0.167. The highest BCUT2D eigenvalue weighted by molar-refractivity contribution is 5.91. The van der Waals surface area contributed by atoms with Gasteiger partial charge in [0.2, 0.25) is 5.91 Å². The number of carbonyl (C=O) groups excluding carboxylic acids is 1. The largest absolute Gasteiger partial charge is 0.332 e. The van der Waals surface area contributed by atoms with Crippen LogP contribution in [0.2, 0.25) is 0 Å². The summed E-state index contributed by atoms with van der Waals surface area (Å²) >= 11 is 0. The summed E-state index contributed by atoms with van der Waals surface area (Å²) in [7, 11) is 0. The Labute approximate surface area is 178 Å². The van der Waals surface area contributed by atoms with Gasteiger partial charge in [-0.3, -0.25) is 18.7 Å². The van der Waals surface area contributed by atoms with E-state index in [4.69, 9.17) is 0 Å². The fourth-order valence-electron chi connectivity index (χ4n) is 3.46. The van der Waals surface area contributed by atoms with E-state index in [-0.39, 0.29) is 24.5 Å². The van der Waals surface area contributed by atoms with E-state index in [1.807, 2.05) is 49.4 Å². The number of aryl methyl sites for hydroxylation is 2. The zero-order valence-electron chi connectivity index (χ0n) is 17.1. The maximum Gasteiger partial charge on any atom is 0.332 e. The Bertz CT molecular complexity index is 1340. The molecule has 0 fully saturated rings. The maximum atomic E-state index is 13.2. The summed E-state index contributed by atoms with van der Waals surface area (Å²) in [5, 5.41) is 2.80. The van der Waals surface area contributed by atoms with Gasteiger partial charge in [-0.05, 0) is 43.2 Å². The second-order valence-electron chi connectivity index (χ2n) is 7.35. The number of hydrogen-bond donors (Lipinski definition) is 1. The van der Waals surface area contributed by atoms with Crippen LogP contribution in [0.4, 0.5) is 5.69 Å². The minimum absolute atomic E-state index is 0.165. The number of rotatable bonds is 6. The number of amides is 1. The second kappa shape index (κ2) is 8.79. The number of hydrogen-bond acceptors (Lipinski definition) is 4. The first-order chi connectivity index (χ1) is 15.0. The highest BCUT2D eigenvalue weighted by Crippen LogP contribution is 2.10. The van der Waals surface area contributed by atoms with E-state index in [9.17, 15) is 14.4 Å². The van der Waals surface area contributed by atoms with E-state index >= 15 is 0 Å². The van der Waals surface area contributed by atoms with Gasteiger partial charge < -0.3 is 5.32 Å². The summed E-state index contributed by atoms with van der Waals surface area (Å²) < 4.78 is 2.46. The standard InChI is InChI=1S/C24H22N4O3/c1-17-9-11-19(12-10-17)26-21(29)16-28-20-8-5-14-25-22(20)23(30)27(24(28)31)15-13-18-6-3-2-4-7-18/h2-12,14H,13,15-16H2,1H3,(H,26,29). The van der Waals surface area contributed by atoms with E-state index in [2.05, 4.69) is 10.3 Å². The third-order valence-corrected chi connectivity index (χ3v) is 5.09. The lowest BCUT2D eigenvalue weighted by Crippen LogP contribution is -2.42. The normalized spacial score (nSPS) is 10.9. The van der Waals surface area contributed by atoms with Gasteiger partial charge in [0.1, 0.15) is 6.54 Å². The van der Waals surface area contributed by atoms with Crippen molar-refractivity contribution in [1.82, 2.24) is 14.1 Å². The SMILES string of the molecule is Cc1ccc(NC(=O)Cn2c(=O)n(CCc3ccccc3)c(=O)c3ncccc32)cc1. The topological polar surface area (TPSA) is 86.0 Å². The van der Waals surface area contributed by atoms with Crippen LogP contribution < -0.4 is 16.6 Å². The van der Waals surface area contributed by atoms with Crippen LogP contribution in [0.15, 0.2) is 82.5 Å². The summed E-state index contributed by atoms with van der Waals surface area (Å²) in [6.07, 6.45) is 2.02. The highest BCUT2D eigenvalue weighted by Gasteiger charge is 2.16. The molecule has 4 aromatic rings. The zero-order chi connectivity index (χ0) is 21.8. The quantitative estimate of drug-likeness (QED) is 0.526. The summed E-state index contributed by atoms with van der Waals surface area (Å²) in [5.41, 5.74) is 2.26. The molecule has 1 amide bonds. The summed E-state index contributed by atoms with van der Waals surface area (Å²) in [6.45, 7) is 1.94. The molecule has 0 bridgehead atoms. The predicted octanol–water partition coefficient (Wildman–Crippen LogP) is 2.75. The van der Waals surface area contributed by atoms with Crippen LogP contribution in [-0.2, 0) is 24.3 Å². The monoisotopic (exact) mass is 414 g/mol. The molecule has 0 atom stereocenters. The van der Waals surface area contributed by atoms with Crippen LogP contribution in [0, 0.1) is 6.92 Å². The molecule has 4 rings (SSSR count). The van der Waals surface area contributed by atoms with Gasteiger partial charge in [-0.25, -0.2) is 9.78 Å². The summed E-state index contributed by atoms with van der Waals surface area (Å²) in [6, 6.07) is 20.3. The van der Waals surface area contributed by atoms with Crippen molar-refractivity contribution in [3.8, 4) is 0 Å². The minimum atomic E-state index is -0.527. The van der Waals surface area contributed by atoms with Crippen molar-refractivity contribution >= 4 is 22.6 Å². The van der Waals surface area contributed by atoms with Crippen LogP contribution >= 0.6 is 0 Å². The van der Waals surface area contributed by atoms with Crippen molar-refractivity contribution in [3.63, 3.8) is 0 Å². The molecule has 0 saturated heterocycles. The highest BCUT2D eigenvalue weighted by atomic mass is 16.2. The van der Waals surface area contributed by atoms with Gasteiger partial charge in [0.05, 0.1) is 5.52 Å². The number of carbonyl (C=O) groups is 1.